The van der Waals surface area contributed by atoms with E-state index < -0.39 is 17.8 Å². The maximum absolute atomic E-state index is 12.7. The average molecular weight is 386 g/mol. The smallest absolute Gasteiger partial charge is 0.273 e. The molecule has 120 valence electrons. The van der Waals surface area contributed by atoms with Crippen LogP contribution in [0.1, 0.15) is 11.1 Å². The number of imide groups is 2. The van der Waals surface area contributed by atoms with Gasteiger partial charge in [0.25, 0.3) is 11.8 Å². The quantitative estimate of drug-likeness (QED) is 0.636. The molecule has 0 unspecified atom stereocenters. The molecule has 4 amide bonds. The highest BCUT2D eigenvalue weighted by molar-refractivity contribution is 9.10. The minimum absolute atomic E-state index is 0.110. The van der Waals surface area contributed by atoms with Crippen molar-refractivity contribution >= 4 is 45.5 Å². The van der Waals surface area contributed by atoms with Crippen molar-refractivity contribution in [2.24, 2.45) is 0 Å². The summed E-state index contributed by atoms with van der Waals surface area (Å²) in [5.41, 5.74) is 1.79. The molecule has 1 aromatic carbocycles. The number of urea groups is 1. The number of benzene rings is 1. The lowest BCUT2D eigenvalue weighted by atomic mass is 10.1. The Bertz CT molecular complexity index is 878. The van der Waals surface area contributed by atoms with Crippen molar-refractivity contribution < 1.29 is 14.4 Å². The van der Waals surface area contributed by atoms with Crippen molar-refractivity contribution in [3.63, 3.8) is 0 Å². The van der Waals surface area contributed by atoms with Crippen molar-refractivity contribution in [2.45, 2.75) is 6.92 Å². The van der Waals surface area contributed by atoms with E-state index in [2.05, 4.69) is 26.2 Å². The van der Waals surface area contributed by atoms with Crippen molar-refractivity contribution in [1.82, 2.24) is 10.3 Å². The van der Waals surface area contributed by atoms with Gasteiger partial charge in [-0.25, -0.2) is 9.69 Å². The van der Waals surface area contributed by atoms with Gasteiger partial charge in [-0.15, -0.1) is 0 Å². The summed E-state index contributed by atoms with van der Waals surface area (Å²) in [7, 11) is 0. The van der Waals surface area contributed by atoms with Crippen molar-refractivity contribution in [2.75, 3.05) is 4.90 Å². The van der Waals surface area contributed by atoms with Gasteiger partial charge >= 0.3 is 6.03 Å². The third-order valence-corrected chi connectivity index (χ3v) is 4.41. The molecule has 2 heterocycles. The van der Waals surface area contributed by atoms with Gasteiger partial charge < -0.3 is 0 Å². The summed E-state index contributed by atoms with van der Waals surface area (Å²) < 4.78 is 0.861. The molecule has 1 saturated heterocycles. The molecule has 2 aromatic rings. The van der Waals surface area contributed by atoms with Crippen LogP contribution in [0, 0.1) is 6.92 Å². The van der Waals surface area contributed by atoms with Crippen LogP contribution in [0.15, 0.2) is 52.8 Å². The van der Waals surface area contributed by atoms with E-state index in [4.69, 9.17) is 0 Å². The first-order valence-corrected chi connectivity index (χ1v) is 7.84. The molecule has 1 aliphatic heterocycles. The number of carbonyl (C=O) groups is 3. The van der Waals surface area contributed by atoms with Gasteiger partial charge in [0, 0.05) is 16.9 Å². The van der Waals surface area contributed by atoms with Crippen LogP contribution in [-0.2, 0) is 9.59 Å². The molecule has 1 N–H and O–H groups in total. The molecule has 1 aliphatic rings. The maximum atomic E-state index is 12.7. The molecule has 6 nitrogen and oxygen atoms in total. The molecule has 0 aliphatic carbocycles. The number of nitrogens with zero attached hydrogens (tertiary/aromatic N) is 2. The monoisotopic (exact) mass is 385 g/mol. The number of hydrogen-bond donors (Lipinski definition) is 1. The molecule has 0 spiro atoms. The summed E-state index contributed by atoms with van der Waals surface area (Å²) in [5.74, 6) is -1.38. The average Bonchev–Trinajstić information content (AvgIpc) is 2.55. The Labute approximate surface area is 146 Å². The fourth-order valence-corrected chi connectivity index (χ4v) is 2.53. The van der Waals surface area contributed by atoms with Gasteiger partial charge in [0.05, 0.1) is 5.69 Å². The summed E-state index contributed by atoms with van der Waals surface area (Å²) >= 11 is 3.37. The minimum Gasteiger partial charge on any atom is -0.273 e. The maximum Gasteiger partial charge on any atom is 0.335 e. The highest BCUT2D eigenvalue weighted by atomic mass is 79.9. The van der Waals surface area contributed by atoms with Gasteiger partial charge in [-0.05, 0) is 54.5 Å². The predicted octanol–water partition coefficient (Wildman–Crippen LogP) is 2.82. The van der Waals surface area contributed by atoms with Crippen LogP contribution >= 0.6 is 15.9 Å². The number of anilines is 1. The number of carbonyl (C=O) groups excluding carboxylic acids is 3. The number of aryl methyl sites for hydroxylation is 1. The van der Waals surface area contributed by atoms with E-state index in [-0.39, 0.29) is 5.57 Å². The number of nitrogens with one attached hydrogen (secondary N) is 1. The van der Waals surface area contributed by atoms with Crippen molar-refractivity contribution in [3.8, 4) is 0 Å². The number of aromatic nitrogens is 1. The third kappa shape index (κ3) is 2.98. The van der Waals surface area contributed by atoms with E-state index in [0.717, 1.165) is 14.9 Å². The highest BCUT2D eigenvalue weighted by Gasteiger charge is 2.36. The van der Waals surface area contributed by atoms with Crippen LogP contribution in [0.25, 0.3) is 6.08 Å². The van der Waals surface area contributed by atoms with E-state index in [9.17, 15) is 14.4 Å². The highest BCUT2D eigenvalue weighted by Crippen LogP contribution is 2.26. The number of amides is 4. The lowest BCUT2D eigenvalue weighted by molar-refractivity contribution is -0.122. The largest absolute Gasteiger partial charge is 0.335 e. The fourth-order valence-electron chi connectivity index (χ4n) is 2.29. The van der Waals surface area contributed by atoms with Crippen LogP contribution in [-0.4, -0.2) is 22.8 Å². The number of rotatable bonds is 2. The lowest BCUT2D eigenvalue weighted by Crippen LogP contribution is -2.54. The first-order chi connectivity index (χ1) is 11.5. The Morgan fingerprint density at radius 3 is 2.50 bits per heavy atom. The molecule has 1 fully saturated rings. The van der Waals surface area contributed by atoms with E-state index in [1.165, 1.54) is 6.08 Å². The zero-order valence-corrected chi connectivity index (χ0v) is 14.2. The van der Waals surface area contributed by atoms with Gasteiger partial charge in [-0.3, -0.25) is 19.9 Å². The molecule has 0 radical (unpaired) electrons. The number of halogens is 1. The summed E-state index contributed by atoms with van der Waals surface area (Å²) in [6, 6.07) is 7.64. The van der Waals surface area contributed by atoms with E-state index >= 15 is 0 Å². The Morgan fingerprint density at radius 1 is 1.12 bits per heavy atom. The second-order valence-electron chi connectivity index (χ2n) is 5.17. The number of barbiturate groups is 1. The summed E-state index contributed by atoms with van der Waals surface area (Å²) in [6.45, 7) is 1.85. The Kier molecular flexibility index (Phi) is 4.26. The summed E-state index contributed by atoms with van der Waals surface area (Å²) in [4.78, 5) is 41.7. The molecular weight excluding hydrogens is 374 g/mol. The van der Waals surface area contributed by atoms with Crippen LogP contribution < -0.4 is 10.2 Å². The normalized spacial score (nSPS) is 16.5. The van der Waals surface area contributed by atoms with Crippen molar-refractivity contribution in [3.05, 3.63) is 63.9 Å². The second-order valence-corrected chi connectivity index (χ2v) is 6.03. The van der Waals surface area contributed by atoms with Gasteiger partial charge in [-0.2, -0.15) is 0 Å². The Hall–Kier alpha value is -2.80. The van der Waals surface area contributed by atoms with Crippen LogP contribution in [0.2, 0.25) is 0 Å². The Balaban J connectivity index is 2.03. The van der Waals surface area contributed by atoms with Gasteiger partial charge in [0.15, 0.2) is 0 Å². The lowest BCUT2D eigenvalue weighted by Gasteiger charge is -2.26. The van der Waals surface area contributed by atoms with Gasteiger partial charge in [-0.1, -0.05) is 15.9 Å². The Morgan fingerprint density at radius 2 is 1.83 bits per heavy atom. The first kappa shape index (κ1) is 16.1. The molecule has 7 heteroatoms. The van der Waals surface area contributed by atoms with Crippen molar-refractivity contribution in [1.29, 1.82) is 0 Å². The third-order valence-electron chi connectivity index (χ3n) is 3.52. The molecular formula is C17H12BrN3O3. The van der Waals surface area contributed by atoms with Crippen LogP contribution in [0.3, 0.4) is 0 Å². The van der Waals surface area contributed by atoms with Crippen LogP contribution in [0.5, 0.6) is 0 Å². The van der Waals surface area contributed by atoms with E-state index in [1.807, 2.05) is 6.92 Å². The summed E-state index contributed by atoms with van der Waals surface area (Å²) in [5, 5.41) is 2.19. The molecule has 1 aromatic heterocycles. The SMILES string of the molecule is Cc1cc(N2C(=O)NC(=O)/C(=C\c3ccncc3)C2=O)ccc1Br. The van der Waals surface area contributed by atoms with E-state index in [0.29, 0.717) is 11.3 Å². The topological polar surface area (TPSA) is 79.4 Å². The first-order valence-electron chi connectivity index (χ1n) is 7.05. The van der Waals surface area contributed by atoms with E-state index in [1.54, 1.807) is 42.7 Å². The molecule has 0 atom stereocenters. The fraction of sp³-hybridized carbons (Fsp3) is 0.0588. The molecule has 0 bridgehead atoms. The zero-order chi connectivity index (χ0) is 17.3. The number of pyridine rings is 1. The van der Waals surface area contributed by atoms with Gasteiger partial charge in [0.1, 0.15) is 5.57 Å². The summed E-state index contributed by atoms with van der Waals surface area (Å²) in [6.07, 6.45) is 4.54. The predicted molar refractivity (Wildman–Crippen MR) is 92.1 cm³/mol. The standard InChI is InChI=1S/C17H12BrN3O3/c1-10-8-12(2-3-14(10)18)21-16(23)13(15(22)20-17(21)24)9-11-4-6-19-7-5-11/h2-9H,1H3,(H,20,22,24)/b13-9+. The zero-order valence-electron chi connectivity index (χ0n) is 12.6. The van der Waals surface area contributed by atoms with Gasteiger partial charge in [0.2, 0.25) is 0 Å². The minimum atomic E-state index is -0.765. The molecule has 3 rings (SSSR count). The molecule has 24 heavy (non-hydrogen) atoms. The second kappa shape index (κ2) is 6.37. The molecule has 0 saturated carbocycles. The number of hydrogen-bond acceptors (Lipinski definition) is 4. The van der Waals surface area contributed by atoms with Crippen LogP contribution in [0.4, 0.5) is 10.5 Å².